The molecule has 0 fully saturated rings. The van der Waals surface area contributed by atoms with Gasteiger partial charge in [0, 0.05) is 11.8 Å². The molecular weight excluding hydrogens is 206 g/mol. The minimum atomic E-state index is -0.402. The molecule has 0 saturated heterocycles. The van der Waals surface area contributed by atoms with Crippen molar-refractivity contribution in [3.05, 3.63) is 29.1 Å². The summed E-state index contributed by atoms with van der Waals surface area (Å²) in [5.41, 5.74) is 1.97. The molecule has 0 N–H and O–H groups in total. The number of hydrogen-bond acceptors (Lipinski definition) is 4. The topological polar surface area (TPSA) is 48.4 Å². The molecular formula is C12H15NO3. The SMILES string of the molecule is CCC1(C)OCc2c1ccnc2C(=O)OC. The third-order valence-corrected chi connectivity index (χ3v) is 3.21. The van der Waals surface area contributed by atoms with E-state index in [-0.39, 0.29) is 5.60 Å². The van der Waals surface area contributed by atoms with Gasteiger partial charge in [0.05, 0.1) is 19.3 Å². The van der Waals surface area contributed by atoms with E-state index >= 15 is 0 Å². The summed E-state index contributed by atoms with van der Waals surface area (Å²) in [6.07, 6.45) is 2.50. The largest absolute Gasteiger partial charge is 0.464 e. The first-order valence-corrected chi connectivity index (χ1v) is 5.33. The van der Waals surface area contributed by atoms with Crippen LogP contribution in [0.3, 0.4) is 0 Å². The minimum absolute atomic E-state index is 0.305. The van der Waals surface area contributed by atoms with Crippen LogP contribution in [0, 0.1) is 0 Å². The third-order valence-electron chi connectivity index (χ3n) is 3.21. The van der Waals surface area contributed by atoms with Crippen LogP contribution in [0.5, 0.6) is 0 Å². The van der Waals surface area contributed by atoms with E-state index in [0.29, 0.717) is 12.3 Å². The summed E-state index contributed by atoms with van der Waals surface area (Å²) >= 11 is 0. The maximum Gasteiger partial charge on any atom is 0.357 e. The van der Waals surface area contributed by atoms with Crippen molar-refractivity contribution >= 4 is 5.97 Å². The van der Waals surface area contributed by atoms with Crippen LogP contribution in [-0.2, 0) is 21.7 Å². The Morgan fingerprint density at radius 1 is 1.69 bits per heavy atom. The van der Waals surface area contributed by atoms with Crippen LogP contribution in [0.15, 0.2) is 12.3 Å². The lowest BCUT2D eigenvalue weighted by Gasteiger charge is -2.22. The minimum Gasteiger partial charge on any atom is -0.464 e. The molecule has 0 radical (unpaired) electrons. The molecule has 4 heteroatoms. The van der Waals surface area contributed by atoms with Crippen molar-refractivity contribution in [2.45, 2.75) is 32.5 Å². The fourth-order valence-electron chi connectivity index (χ4n) is 2.01. The first-order chi connectivity index (χ1) is 7.62. The van der Waals surface area contributed by atoms with Crippen LogP contribution in [0.25, 0.3) is 0 Å². The number of carbonyl (C=O) groups is 1. The van der Waals surface area contributed by atoms with Gasteiger partial charge < -0.3 is 9.47 Å². The number of ether oxygens (including phenoxy) is 2. The zero-order valence-electron chi connectivity index (χ0n) is 9.74. The van der Waals surface area contributed by atoms with E-state index in [9.17, 15) is 4.79 Å². The Labute approximate surface area is 94.6 Å². The highest BCUT2D eigenvalue weighted by Gasteiger charge is 2.36. The molecule has 0 aliphatic carbocycles. The van der Waals surface area contributed by atoms with Crippen molar-refractivity contribution in [2.24, 2.45) is 0 Å². The molecule has 0 spiro atoms. The molecule has 2 rings (SSSR count). The van der Waals surface area contributed by atoms with E-state index in [0.717, 1.165) is 17.5 Å². The smallest absolute Gasteiger partial charge is 0.357 e. The van der Waals surface area contributed by atoms with Gasteiger partial charge in [-0.15, -0.1) is 0 Å². The van der Waals surface area contributed by atoms with Gasteiger partial charge in [-0.3, -0.25) is 0 Å². The number of nitrogens with zero attached hydrogens (tertiary/aromatic N) is 1. The zero-order valence-corrected chi connectivity index (χ0v) is 9.74. The molecule has 0 bridgehead atoms. The number of pyridine rings is 1. The van der Waals surface area contributed by atoms with E-state index in [1.165, 1.54) is 7.11 Å². The van der Waals surface area contributed by atoms with Crippen LogP contribution in [-0.4, -0.2) is 18.1 Å². The van der Waals surface area contributed by atoms with Crippen molar-refractivity contribution in [1.82, 2.24) is 4.98 Å². The number of hydrogen-bond donors (Lipinski definition) is 0. The van der Waals surface area contributed by atoms with E-state index in [1.54, 1.807) is 6.20 Å². The molecule has 1 aromatic rings. The molecule has 2 heterocycles. The van der Waals surface area contributed by atoms with Crippen molar-refractivity contribution < 1.29 is 14.3 Å². The van der Waals surface area contributed by atoms with Gasteiger partial charge in [0.2, 0.25) is 0 Å². The standard InChI is InChI=1S/C12H15NO3/c1-4-12(2)9-5-6-13-10(11(14)15-3)8(9)7-16-12/h5-6H,4,7H2,1-3H3. The average Bonchev–Trinajstić information content (AvgIpc) is 2.67. The molecule has 0 saturated carbocycles. The molecule has 1 unspecified atom stereocenters. The second kappa shape index (κ2) is 3.87. The lowest BCUT2D eigenvalue weighted by Crippen LogP contribution is -2.19. The Bertz CT molecular complexity index is 430. The van der Waals surface area contributed by atoms with Crippen molar-refractivity contribution in [3.8, 4) is 0 Å². The number of fused-ring (bicyclic) bond motifs is 1. The summed E-state index contributed by atoms with van der Waals surface area (Å²) in [6, 6.07) is 1.91. The van der Waals surface area contributed by atoms with E-state index in [1.807, 2.05) is 13.0 Å². The Morgan fingerprint density at radius 3 is 3.06 bits per heavy atom. The zero-order chi connectivity index (χ0) is 11.8. The van der Waals surface area contributed by atoms with Gasteiger partial charge in [-0.2, -0.15) is 0 Å². The predicted octanol–water partition coefficient (Wildman–Crippen LogP) is 2.02. The van der Waals surface area contributed by atoms with Gasteiger partial charge in [0.25, 0.3) is 0 Å². The molecule has 86 valence electrons. The van der Waals surface area contributed by atoms with Gasteiger partial charge in [-0.1, -0.05) is 6.92 Å². The normalized spacial score (nSPS) is 22.9. The summed E-state index contributed by atoms with van der Waals surface area (Å²) in [5, 5.41) is 0. The van der Waals surface area contributed by atoms with Gasteiger partial charge in [0.15, 0.2) is 5.69 Å². The molecule has 1 aliphatic rings. The summed E-state index contributed by atoms with van der Waals surface area (Å²) in [7, 11) is 1.36. The molecule has 0 amide bonds. The van der Waals surface area contributed by atoms with Gasteiger partial charge in [-0.25, -0.2) is 9.78 Å². The Hall–Kier alpha value is -1.42. The van der Waals surface area contributed by atoms with Crippen molar-refractivity contribution in [3.63, 3.8) is 0 Å². The van der Waals surface area contributed by atoms with Crippen molar-refractivity contribution in [1.29, 1.82) is 0 Å². The highest BCUT2D eigenvalue weighted by atomic mass is 16.5. The fourth-order valence-corrected chi connectivity index (χ4v) is 2.01. The maximum atomic E-state index is 11.5. The molecule has 1 aromatic heterocycles. The van der Waals surface area contributed by atoms with Crippen LogP contribution < -0.4 is 0 Å². The third kappa shape index (κ3) is 1.50. The van der Waals surface area contributed by atoms with Gasteiger partial charge in [-0.05, 0) is 25.0 Å². The number of rotatable bonds is 2. The number of carbonyl (C=O) groups excluding carboxylic acids is 1. The molecule has 0 aromatic carbocycles. The quantitative estimate of drug-likeness (QED) is 0.717. The summed E-state index contributed by atoms with van der Waals surface area (Å²) in [5.74, 6) is -0.402. The first kappa shape index (κ1) is 11.1. The monoisotopic (exact) mass is 221 g/mol. The lowest BCUT2D eigenvalue weighted by molar-refractivity contribution is -0.0261. The Morgan fingerprint density at radius 2 is 2.44 bits per heavy atom. The van der Waals surface area contributed by atoms with Crippen LogP contribution in [0.2, 0.25) is 0 Å². The molecule has 4 nitrogen and oxygen atoms in total. The number of aromatic nitrogens is 1. The maximum absolute atomic E-state index is 11.5. The van der Waals surface area contributed by atoms with E-state index in [2.05, 4.69) is 11.9 Å². The first-order valence-electron chi connectivity index (χ1n) is 5.33. The van der Waals surface area contributed by atoms with Crippen LogP contribution in [0.1, 0.15) is 41.9 Å². The van der Waals surface area contributed by atoms with Crippen LogP contribution >= 0.6 is 0 Å². The Kier molecular flexibility index (Phi) is 2.68. The molecule has 16 heavy (non-hydrogen) atoms. The molecule has 1 aliphatic heterocycles. The number of methoxy groups -OCH3 is 1. The van der Waals surface area contributed by atoms with Crippen molar-refractivity contribution in [2.75, 3.05) is 7.11 Å². The highest BCUT2D eigenvalue weighted by Crippen LogP contribution is 2.39. The highest BCUT2D eigenvalue weighted by molar-refractivity contribution is 5.89. The fraction of sp³-hybridized carbons (Fsp3) is 0.500. The van der Waals surface area contributed by atoms with Gasteiger partial charge in [0.1, 0.15) is 0 Å². The summed E-state index contributed by atoms with van der Waals surface area (Å²) in [4.78, 5) is 15.6. The van der Waals surface area contributed by atoms with Gasteiger partial charge >= 0.3 is 5.97 Å². The van der Waals surface area contributed by atoms with Crippen LogP contribution in [0.4, 0.5) is 0 Å². The Balaban J connectivity index is 2.52. The molecule has 1 atom stereocenters. The van der Waals surface area contributed by atoms with E-state index < -0.39 is 5.97 Å². The van der Waals surface area contributed by atoms with E-state index in [4.69, 9.17) is 9.47 Å². The second-order valence-electron chi connectivity index (χ2n) is 4.05. The average molecular weight is 221 g/mol. The second-order valence-corrected chi connectivity index (χ2v) is 4.05. The lowest BCUT2D eigenvalue weighted by atomic mass is 9.92. The predicted molar refractivity (Wildman–Crippen MR) is 58.0 cm³/mol. The number of esters is 1. The summed E-state index contributed by atoms with van der Waals surface area (Å²) in [6.45, 7) is 4.52. The summed E-state index contributed by atoms with van der Waals surface area (Å²) < 4.78 is 10.5.